The number of amides is 2. The maximum atomic E-state index is 12.8. The summed E-state index contributed by atoms with van der Waals surface area (Å²) in [5.74, 6) is 0.836. The molecule has 2 aliphatic carbocycles. The number of hydrogen-bond acceptors (Lipinski definition) is 2. The Morgan fingerprint density at radius 2 is 1.68 bits per heavy atom. The molecule has 3 aliphatic rings. The molecule has 134 valence electrons. The van der Waals surface area contributed by atoms with E-state index in [1.807, 2.05) is 4.90 Å². The normalized spacial score (nSPS) is 24.3. The van der Waals surface area contributed by atoms with Gasteiger partial charge in [0.05, 0.1) is 6.04 Å². The van der Waals surface area contributed by atoms with Crippen LogP contribution in [0.1, 0.15) is 62.1 Å². The van der Waals surface area contributed by atoms with Crippen molar-refractivity contribution in [3.8, 4) is 0 Å². The van der Waals surface area contributed by atoms with Gasteiger partial charge in [-0.2, -0.15) is 0 Å². The number of carbonyl (C=O) groups is 2. The smallest absolute Gasteiger partial charge is 0.225 e. The third-order valence-electron chi connectivity index (χ3n) is 6.04. The molecule has 1 aromatic rings. The quantitative estimate of drug-likeness (QED) is 0.859. The highest BCUT2D eigenvalue weighted by Crippen LogP contribution is 2.33. The first-order valence-electron chi connectivity index (χ1n) is 9.89. The first-order valence-corrected chi connectivity index (χ1v) is 9.89. The van der Waals surface area contributed by atoms with Crippen LogP contribution in [0, 0.1) is 11.8 Å². The second-order valence-corrected chi connectivity index (χ2v) is 7.88. The van der Waals surface area contributed by atoms with Gasteiger partial charge in [0, 0.05) is 24.9 Å². The Bertz CT molecular complexity index is 645. The number of hydrogen-bond donors (Lipinski definition) is 1. The first kappa shape index (κ1) is 16.6. The van der Waals surface area contributed by atoms with Crippen molar-refractivity contribution in [2.45, 2.75) is 57.4 Å². The highest BCUT2D eigenvalue weighted by Gasteiger charge is 2.36. The lowest BCUT2D eigenvalue weighted by molar-refractivity contribution is -0.136. The lowest BCUT2D eigenvalue weighted by atomic mass is 9.93. The lowest BCUT2D eigenvalue weighted by Gasteiger charge is -2.32. The van der Waals surface area contributed by atoms with Crippen molar-refractivity contribution >= 4 is 11.8 Å². The standard InChI is InChI=1S/C21H28N2O2/c24-20(16-11-13-23(14-12-16)21(25)17-9-10-17)22-19-8-4-2-6-15-5-1-3-7-18(15)19/h1,3,5,7,16-17,19H,2,4,6,8-14H2,(H,22,24)/t19-/m0/s1. The van der Waals surface area contributed by atoms with Crippen LogP contribution in [-0.2, 0) is 16.0 Å². The van der Waals surface area contributed by atoms with Crippen LogP contribution < -0.4 is 5.32 Å². The van der Waals surface area contributed by atoms with Crippen LogP contribution in [-0.4, -0.2) is 29.8 Å². The Balaban J connectivity index is 1.35. The topological polar surface area (TPSA) is 49.4 Å². The molecule has 0 aromatic heterocycles. The lowest BCUT2D eigenvalue weighted by Crippen LogP contribution is -2.44. The van der Waals surface area contributed by atoms with Gasteiger partial charge in [0.1, 0.15) is 0 Å². The monoisotopic (exact) mass is 340 g/mol. The Morgan fingerprint density at radius 1 is 0.920 bits per heavy atom. The van der Waals surface area contributed by atoms with Crippen molar-refractivity contribution in [1.29, 1.82) is 0 Å². The van der Waals surface area contributed by atoms with Crippen LogP contribution in [0.5, 0.6) is 0 Å². The zero-order valence-corrected chi connectivity index (χ0v) is 14.9. The molecule has 25 heavy (non-hydrogen) atoms. The molecule has 4 heteroatoms. The Hall–Kier alpha value is -1.84. The molecule has 2 amide bonds. The highest BCUT2D eigenvalue weighted by molar-refractivity contribution is 5.82. The number of nitrogens with zero attached hydrogens (tertiary/aromatic N) is 1. The van der Waals surface area contributed by atoms with Crippen molar-refractivity contribution in [2.75, 3.05) is 13.1 Å². The van der Waals surface area contributed by atoms with E-state index in [2.05, 4.69) is 29.6 Å². The van der Waals surface area contributed by atoms with Gasteiger partial charge in [0.15, 0.2) is 0 Å². The van der Waals surface area contributed by atoms with Gasteiger partial charge in [-0.25, -0.2) is 0 Å². The van der Waals surface area contributed by atoms with E-state index < -0.39 is 0 Å². The largest absolute Gasteiger partial charge is 0.349 e. The van der Waals surface area contributed by atoms with Gasteiger partial charge in [-0.15, -0.1) is 0 Å². The molecule has 2 fully saturated rings. The Kier molecular flexibility index (Phi) is 4.78. The fourth-order valence-corrected chi connectivity index (χ4v) is 4.31. The predicted molar refractivity (Wildman–Crippen MR) is 96.9 cm³/mol. The maximum absolute atomic E-state index is 12.8. The zero-order chi connectivity index (χ0) is 17.2. The summed E-state index contributed by atoms with van der Waals surface area (Å²) in [4.78, 5) is 26.9. The number of carbonyl (C=O) groups excluding carboxylic acids is 2. The van der Waals surface area contributed by atoms with Crippen LogP contribution in [0.2, 0.25) is 0 Å². The maximum Gasteiger partial charge on any atom is 0.225 e. The minimum Gasteiger partial charge on any atom is -0.349 e. The van der Waals surface area contributed by atoms with Gasteiger partial charge in [0.2, 0.25) is 11.8 Å². The molecule has 1 saturated carbocycles. The molecule has 0 radical (unpaired) electrons. The van der Waals surface area contributed by atoms with E-state index in [9.17, 15) is 9.59 Å². The average molecular weight is 340 g/mol. The van der Waals surface area contributed by atoms with E-state index in [0.717, 1.165) is 58.0 Å². The molecule has 0 spiro atoms. The summed E-state index contributed by atoms with van der Waals surface area (Å²) in [5, 5.41) is 3.32. The van der Waals surface area contributed by atoms with E-state index in [4.69, 9.17) is 0 Å². The molecule has 4 rings (SSSR count). The minimum atomic E-state index is 0.0543. The molecule has 1 N–H and O–H groups in total. The van der Waals surface area contributed by atoms with Crippen LogP contribution in [0.25, 0.3) is 0 Å². The number of piperidine rings is 1. The van der Waals surface area contributed by atoms with Gasteiger partial charge in [-0.1, -0.05) is 30.7 Å². The van der Waals surface area contributed by atoms with E-state index in [-0.39, 0.29) is 23.8 Å². The summed E-state index contributed by atoms with van der Waals surface area (Å²) in [6.45, 7) is 1.49. The van der Waals surface area contributed by atoms with Crippen molar-refractivity contribution in [3.63, 3.8) is 0 Å². The van der Waals surface area contributed by atoms with Crippen LogP contribution in [0.3, 0.4) is 0 Å². The zero-order valence-electron chi connectivity index (χ0n) is 14.9. The fraction of sp³-hybridized carbons (Fsp3) is 0.619. The molecule has 1 aromatic carbocycles. The number of aryl methyl sites for hydroxylation is 1. The third-order valence-corrected chi connectivity index (χ3v) is 6.04. The summed E-state index contributed by atoms with van der Waals surface area (Å²) in [6, 6.07) is 8.68. The van der Waals surface area contributed by atoms with Crippen molar-refractivity contribution < 1.29 is 9.59 Å². The number of nitrogens with one attached hydrogen (secondary N) is 1. The van der Waals surface area contributed by atoms with Crippen molar-refractivity contribution in [3.05, 3.63) is 35.4 Å². The molecular weight excluding hydrogens is 312 g/mol. The Morgan fingerprint density at radius 3 is 2.44 bits per heavy atom. The van der Waals surface area contributed by atoms with Crippen molar-refractivity contribution in [1.82, 2.24) is 10.2 Å². The second kappa shape index (κ2) is 7.19. The molecule has 1 aliphatic heterocycles. The van der Waals surface area contributed by atoms with Crippen molar-refractivity contribution in [2.24, 2.45) is 11.8 Å². The molecule has 1 atom stereocenters. The first-order chi connectivity index (χ1) is 12.2. The summed E-state index contributed by atoms with van der Waals surface area (Å²) < 4.78 is 0. The molecule has 0 unspecified atom stereocenters. The summed E-state index contributed by atoms with van der Waals surface area (Å²) >= 11 is 0. The van der Waals surface area contributed by atoms with Crippen LogP contribution in [0.15, 0.2) is 24.3 Å². The fourth-order valence-electron chi connectivity index (χ4n) is 4.31. The second-order valence-electron chi connectivity index (χ2n) is 7.88. The van der Waals surface area contributed by atoms with Gasteiger partial charge < -0.3 is 10.2 Å². The number of likely N-dealkylation sites (tertiary alicyclic amines) is 1. The Labute approximate surface area is 150 Å². The molecule has 0 bridgehead atoms. The van der Waals surface area contributed by atoms with E-state index in [0.29, 0.717) is 5.91 Å². The molecular formula is C21H28N2O2. The molecule has 1 saturated heterocycles. The average Bonchev–Trinajstić information content (AvgIpc) is 3.49. The third kappa shape index (κ3) is 3.73. The van der Waals surface area contributed by atoms with Gasteiger partial charge in [0.25, 0.3) is 0 Å². The van der Waals surface area contributed by atoms with Crippen LogP contribution >= 0.6 is 0 Å². The van der Waals surface area contributed by atoms with E-state index in [1.54, 1.807) is 0 Å². The van der Waals surface area contributed by atoms with Gasteiger partial charge in [-0.05, 0) is 56.1 Å². The predicted octanol–water partition coefficient (Wildman–Crippen LogP) is 3.22. The van der Waals surface area contributed by atoms with E-state index >= 15 is 0 Å². The summed E-state index contributed by atoms with van der Waals surface area (Å²) in [6.07, 6.45) is 8.23. The highest BCUT2D eigenvalue weighted by atomic mass is 16.2. The van der Waals surface area contributed by atoms with E-state index in [1.165, 1.54) is 17.5 Å². The van der Waals surface area contributed by atoms with Crippen LogP contribution in [0.4, 0.5) is 0 Å². The number of rotatable bonds is 3. The molecule has 1 heterocycles. The summed E-state index contributed by atoms with van der Waals surface area (Å²) in [7, 11) is 0. The number of benzene rings is 1. The summed E-state index contributed by atoms with van der Waals surface area (Å²) in [5.41, 5.74) is 2.69. The molecule has 4 nitrogen and oxygen atoms in total. The number of fused-ring (bicyclic) bond motifs is 1. The van der Waals surface area contributed by atoms with Gasteiger partial charge >= 0.3 is 0 Å². The van der Waals surface area contributed by atoms with Gasteiger partial charge in [-0.3, -0.25) is 9.59 Å². The minimum absolute atomic E-state index is 0.0543. The SMILES string of the molecule is O=C(N[C@H]1CCCCc2ccccc21)C1CCN(C(=O)C2CC2)CC1.